The van der Waals surface area contributed by atoms with E-state index in [1.165, 1.54) is 18.4 Å². The Labute approximate surface area is 129 Å². The Bertz CT molecular complexity index is 507. The molecule has 0 spiro atoms. The Morgan fingerprint density at radius 2 is 1.95 bits per heavy atom. The summed E-state index contributed by atoms with van der Waals surface area (Å²) in [6.45, 7) is 8.13. The average Bonchev–Trinajstić information content (AvgIpc) is 2.42. The van der Waals surface area contributed by atoms with Crippen LogP contribution in [0, 0.1) is 23.2 Å². The minimum atomic E-state index is 0.389. The van der Waals surface area contributed by atoms with Gasteiger partial charge in [-0.15, -0.1) is 0 Å². The standard InChI is InChI=1S/C19H27NO/c1-15-11-18(13-19(2,3)12-15)21-14-17-8-6-16(7-9-17)5-4-10-20/h6-9,15,18H,10-14,20H2,1-3H3. The molecule has 0 aliphatic heterocycles. The van der Waals surface area contributed by atoms with Gasteiger partial charge in [0.25, 0.3) is 0 Å². The Kier molecular flexibility index (Phi) is 5.45. The Morgan fingerprint density at radius 1 is 1.24 bits per heavy atom. The lowest BCUT2D eigenvalue weighted by Gasteiger charge is -2.38. The molecular weight excluding hydrogens is 258 g/mol. The molecule has 0 bridgehead atoms. The third kappa shape index (κ3) is 5.19. The number of rotatable bonds is 3. The van der Waals surface area contributed by atoms with Crippen molar-refractivity contribution in [2.75, 3.05) is 6.54 Å². The second-order valence-corrected chi connectivity index (χ2v) is 7.05. The number of hydrogen-bond donors (Lipinski definition) is 1. The molecule has 2 unspecified atom stereocenters. The lowest BCUT2D eigenvalue weighted by molar-refractivity contribution is -0.0316. The summed E-state index contributed by atoms with van der Waals surface area (Å²) >= 11 is 0. The van der Waals surface area contributed by atoms with Crippen LogP contribution in [0.25, 0.3) is 0 Å². The predicted octanol–water partition coefficient (Wildman–Crippen LogP) is 3.73. The zero-order valence-electron chi connectivity index (χ0n) is 13.5. The van der Waals surface area contributed by atoms with E-state index in [0.717, 1.165) is 17.9 Å². The molecule has 0 radical (unpaired) electrons. The molecule has 1 fully saturated rings. The Morgan fingerprint density at radius 3 is 2.57 bits per heavy atom. The molecule has 1 aromatic carbocycles. The first-order chi connectivity index (χ1) is 9.98. The second kappa shape index (κ2) is 7.11. The van der Waals surface area contributed by atoms with Crippen molar-refractivity contribution in [3.05, 3.63) is 35.4 Å². The van der Waals surface area contributed by atoms with Crippen LogP contribution >= 0.6 is 0 Å². The second-order valence-electron chi connectivity index (χ2n) is 7.05. The van der Waals surface area contributed by atoms with Crippen molar-refractivity contribution in [3.8, 4) is 11.8 Å². The van der Waals surface area contributed by atoms with Crippen LogP contribution in [0.15, 0.2) is 24.3 Å². The van der Waals surface area contributed by atoms with Gasteiger partial charge in [-0.3, -0.25) is 0 Å². The number of benzene rings is 1. The molecule has 2 N–H and O–H groups in total. The van der Waals surface area contributed by atoms with Crippen molar-refractivity contribution in [2.24, 2.45) is 17.1 Å². The first kappa shape index (κ1) is 16.1. The smallest absolute Gasteiger partial charge is 0.0720 e. The summed E-state index contributed by atoms with van der Waals surface area (Å²) in [5, 5.41) is 0. The molecule has 0 aromatic heterocycles. The van der Waals surface area contributed by atoms with Crippen LogP contribution in [-0.4, -0.2) is 12.6 Å². The van der Waals surface area contributed by atoms with Gasteiger partial charge in [-0.05, 0) is 48.3 Å². The number of hydrogen-bond acceptors (Lipinski definition) is 2. The quantitative estimate of drug-likeness (QED) is 0.859. The molecule has 2 atom stereocenters. The van der Waals surface area contributed by atoms with Crippen molar-refractivity contribution in [3.63, 3.8) is 0 Å². The van der Waals surface area contributed by atoms with E-state index in [9.17, 15) is 0 Å². The fourth-order valence-electron chi connectivity index (χ4n) is 3.44. The van der Waals surface area contributed by atoms with E-state index < -0.39 is 0 Å². The van der Waals surface area contributed by atoms with Crippen LogP contribution in [0.3, 0.4) is 0 Å². The minimum Gasteiger partial charge on any atom is -0.374 e. The van der Waals surface area contributed by atoms with E-state index >= 15 is 0 Å². The maximum absolute atomic E-state index is 6.14. The van der Waals surface area contributed by atoms with Crippen LogP contribution in [-0.2, 0) is 11.3 Å². The highest BCUT2D eigenvalue weighted by atomic mass is 16.5. The molecule has 2 rings (SSSR count). The molecule has 0 heterocycles. The maximum atomic E-state index is 6.14. The molecule has 2 nitrogen and oxygen atoms in total. The summed E-state index contributed by atoms with van der Waals surface area (Å²) in [6, 6.07) is 8.26. The normalized spacial score (nSPS) is 24.2. The van der Waals surface area contributed by atoms with Crippen LogP contribution in [0.5, 0.6) is 0 Å². The van der Waals surface area contributed by atoms with Crippen LogP contribution in [0.2, 0.25) is 0 Å². The highest BCUT2D eigenvalue weighted by Crippen LogP contribution is 2.39. The molecule has 0 saturated heterocycles. The zero-order valence-corrected chi connectivity index (χ0v) is 13.5. The molecule has 1 aromatic rings. The van der Waals surface area contributed by atoms with E-state index in [1.807, 2.05) is 12.1 Å². The number of ether oxygens (including phenoxy) is 1. The molecule has 2 heteroatoms. The zero-order chi connectivity index (χ0) is 15.3. The Balaban J connectivity index is 1.88. The van der Waals surface area contributed by atoms with Crippen LogP contribution < -0.4 is 5.73 Å². The molecule has 0 amide bonds. The van der Waals surface area contributed by atoms with Gasteiger partial charge in [-0.2, -0.15) is 0 Å². The summed E-state index contributed by atoms with van der Waals surface area (Å²) in [5.41, 5.74) is 8.01. The van der Waals surface area contributed by atoms with Gasteiger partial charge < -0.3 is 10.5 Å². The van der Waals surface area contributed by atoms with Gasteiger partial charge in [0.05, 0.1) is 19.3 Å². The van der Waals surface area contributed by atoms with Crippen molar-refractivity contribution >= 4 is 0 Å². The highest BCUT2D eigenvalue weighted by Gasteiger charge is 2.32. The molecular formula is C19H27NO. The van der Waals surface area contributed by atoms with E-state index in [2.05, 4.69) is 44.7 Å². The van der Waals surface area contributed by atoms with Crippen molar-refractivity contribution in [1.82, 2.24) is 0 Å². The molecule has 1 aliphatic carbocycles. The summed E-state index contributed by atoms with van der Waals surface area (Å²) in [6.07, 6.45) is 4.04. The van der Waals surface area contributed by atoms with Crippen LogP contribution in [0.4, 0.5) is 0 Å². The van der Waals surface area contributed by atoms with Gasteiger partial charge in [0.1, 0.15) is 0 Å². The number of nitrogens with two attached hydrogens (primary N) is 1. The molecule has 1 saturated carbocycles. The first-order valence-corrected chi connectivity index (χ1v) is 7.88. The van der Waals surface area contributed by atoms with Gasteiger partial charge in [-0.25, -0.2) is 0 Å². The fraction of sp³-hybridized carbons (Fsp3) is 0.579. The topological polar surface area (TPSA) is 35.2 Å². The largest absolute Gasteiger partial charge is 0.374 e. The summed E-state index contributed by atoms with van der Waals surface area (Å²) in [5.74, 6) is 6.66. The molecule has 114 valence electrons. The van der Waals surface area contributed by atoms with E-state index in [0.29, 0.717) is 24.7 Å². The third-order valence-electron chi connectivity index (χ3n) is 4.12. The van der Waals surface area contributed by atoms with Gasteiger partial charge in [0.2, 0.25) is 0 Å². The maximum Gasteiger partial charge on any atom is 0.0720 e. The van der Waals surface area contributed by atoms with Gasteiger partial charge in [-0.1, -0.05) is 44.7 Å². The average molecular weight is 285 g/mol. The van der Waals surface area contributed by atoms with E-state index in [1.54, 1.807) is 0 Å². The lowest BCUT2D eigenvalue weighted by Crippen LogP contribution is -2.32. The van der Waals surface area contributed by atoms with Crippen molar-refractivity contribution < 1.29 is 4.74 Å². The lowest BCUT2D eigenvalue weighted by atomic mass is 9.71. The van der Waals surface area contributed by atoms with E-state index in [-0.39, 0.29) is 0 Å². The van der Waals surface area contributed by atoms with E-state index in [4.69, 9.17) is 10.5 Å². The first-order valence-electron chi connectivity index (χ1n) is 7.88. The van der Waals surface area contributed by atoms with Gasteiger partial charge >= 0.3 is 0 Å². The third-order valence-corrected chi connectivity index (χ3v) is 4.12. The summed E-state index contributed by atoms with van der Waals surface area (Å²) < 4.78 is 6.14. The molecule has 21 heavy (non-hydrogen) atoms. The van der Waals surface area contributed by atoms with Crippen molar-refractivity contribution in [2.45, 2.75) is 52.7 Å². The van der Waals surface area contributed by atoms with Crippen LogP contribution in [0.1, 0.15) is 51.2 Å². The summed E-state index contributed by atoms with van der Waals surface area (Å²) in [7, 11) is 0. The summed E-state index contributed by atoms with van der Waals surface area (Å²) in [4.78, 5) is 0. The highest BCUT2D eigenvalue weighted by molar-refractivity contribution is 5.36. The Hall–Kier alpha value is -1.30. The fourth-order valence-corrected chi connectivity index (χ4v) is 3.44. The van der Waals surface area contributed by atoms with Gasteiger partial charge in [0.15, 0.2) is 0 Å². The predicted molar refractivity (Wildman–Crippen MR) is 87.7 cm³/mol. The van der Waals surface area contributed by atoms with Crippen molar-refractivity contribution in [1.29, 1.82) is 0 Å². The molecule has 1 aliphatic rings. The monoisotopic (exact) mass is 285 g/mol. The minimum absolute atomic E-state index is 0.389. The SMILES string of the molecule is CC1CC(OCc2ccc(C#CCN)cc2)CC(C)(C)C1. The van der Waals surface area contributed by atoms with Gasteiger partial charge in [0, 0.05) is 5.56 Å².